The summed E-state index contributed by atoms with van der Waals surface area (Å²) in [6.07, 6.45) is 5.31. The number of fused-ring (bicyclic) bond motifs is 3. The molecule has 0 atom stereocenters. The highest BCUT2D eigenvalue weighted by Gasteiger charge is 2.20. The van der Waals surface area contributed by atoms with Gasteiger partial charge >= 0.3 is 6.03 Å². The predicted octanol–water partition coefficient (Wildman–Crippen LogP) is 4.66. The molecule has 2 aromatic carbocycles. The van der Waals surface area contributed by atoms with Gasteiger partial charge < -0.3 is 24.8 Å². The number of hydrogen-bond donors (Lipinski definition) is 2. The van der Waals surface area contributed by atoms with Crippen LogP contribution in [0.5, 0.6) is 0 Å². The number of amides is 2. The lowest BCUT2D eigenvalue weighted by atomic mass is 10.1. The Morgan fingerprint density at radius 3 is 2.33 bits per heavy atom. The Kier molecular flexibility index (Phi) is 5.67. The molecule has 4 heterocycles. The molecule has 1 aliphatic heterocycles. The topological polar surface area (TPSA) is 97.2 Å². The third-order valence-corrected chi connectivity index (χ3v) is 6.36. The molecule has 180 valence electrons. The molecule has 9 nitrogen and oxygen atoms in total. The van der Waals surface area contributed by atoms with Crippen molar-refractivity contribution in [3.05, 3.63) is 73.2 Å². The molecule has 3 aromatic heterocycles. The first-order valence-electron chi connectivity index (χ1n) is 11.8. The summed E-state index contributed by atoms with van der Waals surface area (Å²) in [7, 11) is 2.04. The van der Waals surface area contributed by atoms with Crippen molar-refractivity contribution < 1.29 is 9.53 Å². The van der Waals surface area contributed by atoms with Gasteiger partial charge in [0, 0.05) is 72.0 Å². The molecule has 6 rings (SSSR count). The minimum atomic E-state index is -0.322. The fourth-order valence-corrected chi connectivity index (χ4v) is 4.50. The van der Waals surface area contributed by atoms with E-state index in [1.165, 1.54) is 0 Å². The van der Waals surface area contributed by atoms with Gasteiger partial charge in [-0.15, -0.1) is 0 Å². The molecule has 9 heteroatoms. The third kappa shape index (κ3) is 4.20. The summed E-state index contributed by atoms with van der Waals surface area (Å²) in [5, 5.41) is 7.77. The maximum atomic E-state index is 12.3. The number of anilines is 3. The lowest BCUT2D eigenvalue weighted by Gasteiger charge is -2.29. The summed E-state index contributed by atoms with van der Waals surface area (Å²) in [6, 6.07) is 17.0. The lowest BCUT2D eigenvalue weighted by molar-refractivity contribution is 0.122. The van der Waals surface area contributed by atoms with Gasteiger partial charge in [-0.25, -0.2) is 14.8 Å². The molecule has 0 radical (unpaired) electrons. The van der Waals surface area contributed by atoms with Crippen LogP contribution in [0, 0.1) is 0 Å². The summed E-state index contributed by atoms with van der Waals surface area (Å²) in [6.45, 7) is 2.92. The Bertz CT molecular complexity index is 1540. The number of hydrogen-bond acceptors (Lipinski definition) is 6. The number of ether oxygens (including phenoxy) is 1. The van der Waals surface area contributed by atoms with Crippen molar-refractivity contribution >= 4 is 45.0 Å². The van der Waals surface area contributed by atoms with Crippen LogP contribution in [0.25, 0.3) is 33.2 Å². The molecule has 0 spiro atoms. The second-order valence-corrected chi connectivity index (χ2v) is 8.68. The van der Waals surface area contributed by atoms with Gasteiger partial charge in [0.05, 0.1) is 18.7 Å². The van der Waals surface area contributed by atoms with Crippen molar-refractivity contribution in [3.8, 4) is 11.4 Å². The number of benzene rings is 2. The van der Waals surface area contributed by atoms with Crippen molar-refractivity contribution in [2.75, 3.05) is 41.8 Å². The third-order valence-electron chi connectivity index (χ3n) is 6.36. The van der Waals surface area contributed by atoms with Crippen molar-refractivity contribution in [2.45, 2.75) is 0 Å². The van der Waals surface area contributed by atoms with E-state index >= 15 is 0 Å². The number of morpholine rings is 1. The van der Waals surface area contributed by atoms with Crippen LogP contribution < -0.4 is 15.5 Å². The van der Waals surface area contributed by atoms with Crippen LogP contribution in [-0.2, 0) is 11.8 Å². The Labute approximate surface area is 207 Å². The molecular weight excluding hydrogens is 454 g/mol. The van der Waals surface area contributed by atoms with Crippen LogP contribution in [0.2, 0.25) is 0 Å². The maximum absolute atomic E-state index is 12.3. The van der Waals surface area contributed by atoms with E-state index in [4.69, 9.17) is 14.7 Å². The van der Waals surface area contributed by atoms with Gasteiger partial charge in [0.25, 0.3) is 0 Å². The zero-order chi connectivity index (χ0) is 24.5. The monoisotopic (exact) mass is 479 g/mol. The van der Waals surface area contributed by atoms with E-state index in [9.17, 15) is 4.79 Å². The van der Waals surface area contributed by atoms with E-state index in [0.717, 1.165) is 46.3 Å². The fraction of sp³-hybridized carbons (Fsp3) is 0.185. The molecule has 2 amide bonds. The average molecular weight is 480 g/mol. The molecule has 0 bridgehead atoms. The Balaban J connectivity index is 1.34. The maximum Gasteiger partial charge on any atom is 0.323 e. The molecule has 1 fully saturated rings. The van der Waals surface area contributed by atoms with Crippen molar-refractivity contribution in [1.82, 2.24) is 19.5 Å². The Morgan fingerprint density at radius 2 is 1.58 bits per heavy atom. The first kappa shape index (κ1) is 22.0. The highest BCUT2D eigenvalue weighted by Crippen LogP contribution is 2.33. The molecule has 1 aliphatic rings. The number of urea groups is 1. The van der Waals surface area contributed by atoms with Gasteiger partial charge in [-0.05, 0) is 54.6 Å². The van der Waals surface area contributed by atoms with E-state index in [-0.39, 0.29) is 6.03 Å². The summed E-state index contributed by atoms with van der Waals surface area (Å²) in [5.74, 6) is 1.57. The first-order valence-corrected chi connectivity index (χ1v) is 11.8. The smallest absolute Gasteiger partial charge is 0.323 e. The highest BCUT2D eigenvalue weighted by atomic mass is 16.5. The minimum Gasteiger partial charge on any atom is -0.378 e. The normalized spacial score (nSPS) is 13.8. The van der Waals surface area contributed by atoms with E-state index in [2.05, 4.69) is 49.5 Å². The molecule has 2 N–H and O–H groups in total. The highest BCUT2D eigenvalue weighted by molar-refractivity contribution is 6.08. The zero-order valence-corrected chi connectivity index (χ0v) is 19.8. The predicted molar refractivity (Wildman–Crippen MR) is 141 cm³/mol. The molecule has 5 aromatic rings. The molecule has 0 unspecified atom stereocenters. The van der Waals surface area contributed by atoms with Gasteiger partial charge in [-0.3, -0.25) is 4.98 Å². The van der Waals surface area contributed by atoms with Gasteiger partial charge in [0.1, 0.15) is 5.82 Å². The molecular formula is C27H25N7O2. The van der Waals surface area contributed by atoms with Gasteiger partial charge in [-0.1, -0.05) is 0 Å². The van der Waals surface area contributed by atoms with Crippen LogP contribution in [0.4, 0.5) is 22.0 Å². The lowest BCUT2D eigenvalue weighted by Crippen LogP contribution is -2.37. The minimum absolute atomic E-state index is 0.322. The zero-order valence-electron chi connectivity index (χ0n) is 19.8. The Hall–Kier alpha value is -4.50. The van der Waals surface area contributed by atoms with Crippen LogP contribution in [0.15, 0.2) is 73.2 Å². The number of aryl methyl sites for hydroxylation is 1. The largest absolute Gasteiger partial charge is 0.378 e. The molecule has 0 aliphatic carbocycles. The van der Waals surface area contributed by atoms with Gasteiger partial charge in [0.15, 0.2) is 5.82 Å². The Morgan fingerprint density at radius 1 is 0.861 bits per heavy atom. The van der Waals surface area contributed by atoms with Crippen LogP contribution in [-0.4, -0.2) is 51.9 Å². The summed E-state index contributed by atoms with van der Waals surface area (Å²) in [5.41, 5.74) is 4.27. The van der Waals surface area contributed by atoms with E-state index in [1.54, 1.807) is 24.5 Å². The number of nitrogens with one attached hydrogen (secondary N) is 2. The first-order chi connectivity index (χ1) is 17.7. The second-order valence-electron chi connectivity index (χ2n) is 8.68. The van der Waals surface area contributed by atoms with Crippen LogP contribution in [0.3, 0.4) is 0 Å². The second kappa shape index (κ2) is 9.27. The van der Waals surface area contributed by atoms with Gasteiger partial charge in [-0.2, -0.15) is 0 Å². The van der Waals surface area contributed by atoms with Crippen LogP contribution in [0.1, 0.15) is 0 Å². The summed E-state index contributed by atoms with van der Waals surface area (Å²) < 4.78 is 7.67. The fourth-order valence-electron chi connectivity index (χ4n) is 4.50. The average Bonchev–Trinajstić information content (AvgIpc) is 3.30. The van der Waals surface area contributed by atoms with Crippen molar-refractivity contribution in [1.29, 1.82) is 0 Å². The number of rotatable bonds is 4. The van der Waals surface area contributed by atoms with Crippen LogP contribution >= 0.6 is 0 Å². The SMILES string of the molecule is Cn1ccc2c3nc(-c4ccc(NC(=O)Nc5ccncc5)cc4)nc(N4CCOCC4)c3ccc21. The number of pyridine rings is 1. The van der Waals surface area contributed by atoms with E-state index < -0.39 is 0 Å². The standard InChI is InChI=1S/C27H25N7O2/c1-33-13-10-21-23(33)7-6-22-24(21)31-25(32-26(22)34-14-16-36-17-15-34)18-2-4-19(5-3-18)29-27(35)30-20-8-11-28-12-9-20/h2-13H,14-17H2,1H3,(H2,28,29,30,35). The summed E-state index contributed by atoms with van der Waals surface area (Å²) >= 11 is 0. The van der Waals surface area contributed by atoms with Gasteiger partial charge in [0.2, 0.25) is 0 Å². The molecule has 36 heavy (non-hydrogen) atoms. The molecule has 1 saturated heterocycles. The van der Waals surface area contributed by atoms with E-state index in [0.29, 0.717) is 30.4 Å². The number of aromatic nitrogens is 4. The molecule has 0 saturated carbocycles. The van der Waals surface area contributed by atoms with Crippen molar-refractivity contribution in [3.63, 3.8) is 0 Å². The van der Waals surface area contributed by atoms with Crippen molar-refractivity contribution in [2.24, 2.45) is 7.05 Å². The quantitative estimate of drug-likeness (QED) is 0.389. The number of carbonyl (C=O) groups excluding carboxylic acids is 1. The number of nitrogens with zero attached hydrogens (tertiary/aromatic N) is 5. The number of carbonyl (C=O) groups is 1. The van der Waals surface area contributed by atoms with E-state index in [1.807, 2.05) is 31.3 Å². The summed E-state index contributed by atoms with van der Waals surface area (Å²) in [4.78, 5) is 28.6.